The van der Waals surface area contributed by atoms with E-state index in [0.717, 1.165) is 31.5 Å². The van der Waals surface area contributed by atoms with Crippen molar-refractivity contribution in [2.75, 3.05) is 23.3 Å². The SMILES string of the molecule is CC(C)(c1ccc(NC(=O)NCC(=O)N2CCc3ccccc32)cc1)C(F)(F)F. The number of anilines is 2. The summed E-state index contributed by atoms with van der Waals surface area (Å²) in [5.74, 6) is -0.229. The van der Waals surface area contributed by atoms with E-state index in [1.54, 1.807) is 4.90 Å². The number of carbonyl (C=O) groups excluding carboxylic acids is 2. The van der Waals surface area contributed by atoms with E-state index in [1.807, 2.05) is 24.3 Å². The summed E-state index contributed by atoms with van der Waals surface area (Å²) in [6, 6.07) is 12.5. The van der Waals surface area contributed by atoms with Gasteiger partial charge in [-0.25, -0.2) is 4.79 Å². The smallest absolute Gasteiger partial charge is 0.329 e. The van der Waals surface area contributed by atoms with Crippen LogP contribution in [0.25, 0.3) is 0 Å². The number of urea groups is 1. The highest BCUT2D eigenvalue weighted by Gasteiger charge is 2.48. The van der Waals surface area contributed by atoms with Gasteiger partial charge in [-0.2, -0.15) is 13.2 Å². The van der Waals surface area contributed by atoms with E-state index in [4.69, 9.17) is 0 Å². The van der Waals surface area contributed by atoms with Crippen LogP contribution in [0.4, 0.5) is 29.3 Å². The van der Waals surface area contributed by atoms with Crippen molar-refractivity contribution in [1.82, 2.24) is 5.32 Å². The Morgan fingerprint density at radius 3 is 2.34 bits per heavy atom. The molecular formula is C21H22F3N3O2. The Kier molecular flexibility index (Phi) is 5.55. The topological polar surface area (TPSA) is 61.4 Å². The average molecular weight is 405 g/mol. The standard InChI is InChI=1S/C21H22F3N3O2/c1-20(2,21(22,23)24)15-7-9-16(10-8-15)26-19(29)25-13-18(28)27-12-11-14-5-3-4-6-17(14)27/h3-10H,11-13H2,1-2H3,(H2,25,26,29). The Labute approximate surface area is 166 Å². The summed E-state index contributed by atoms with van der Waals surface area (Å²) in [4.78, 5) is 26.1. The number of alkyl halides is 3. The molecule has 2 aromatic rings. The molecule has 0 aromatic heterocycles. The first-order valence-corrected chi connectivity index (χ1v) is 9.20. The van der Waals surface area contributed by atoms with Crippen LogP contribution in [0.3, 0.4) is 0 Å². The number of fused-ring (bicyclic) bond motifs is 1. The second kappa shape index (κ2) is 7.77. The molecule has 0 fully saturated rings. The molecule has 1 aliphatic rings. The van der Waals surface area contributed by atoms with Crippen LogP contribution in [0.5, 0.6) is 0 Å². The third kappa shape index (κ3) is 4.36. The van der Waals surface area contributed by atoms with E-state index < -0.39 is 17.6 Å². The van der Waals surface area contributed by atoms with Gasteiger partial charge < -0.3 is 15.5 Å². The van der Waals surface area contributed by atoms with Crippen LogP contribution < -0.4 is 15.5 Å². The monoisotopic (exact) mass is 405 g/mol. The van der Waals surface area contributed by atoms with Crippen LogP contribution in [-0.2, 0) is 16.6 Å². The van der Waals surface area contributed by atoms with E-state index in [9.17, 15) is 22.8 Å². The minimum Gasteiger partial charge on any atom is -0.329 e. The van der Waals surface area contributed by atoms with Gasteiger partial charge in [0.05, 0.1) is 12.0 Å². The number of amides is 3. The van der Waals surface area contributed by atoms with Crippen LogP contribution in [-0.4, -0.2) is 31.2 Å². The quantitative estimate of drug-likeness (QED) is 0.800. The summed E-state index contributed by atoms with van der Waals surface area (Å²) in [5, 5.41) is 5.01. The van der Waals surface area contributed by atoms with Crippen LogP contribution in [0.15, 0.2) is 48.5 Å². The molecule has 0 saturated carbocycles. The fourth-order valence-corrected chi connectivity index (χ4v) is 3.16. The molecule has 3 rings (SSSR count). The Hall–Kier alpha value is -3.03. The fourth-order valence-electron chi connectivity index (χ4n) is 3.16. The number of para-hydroxylation sites is 1. The highest BCUT2D eigenvalue weighted by atomic mass is 19.4. The van der Waals surface area contributed by atoms with Gasteiger partial charge in [0.2, 0.25) is 5.91 Å². The van der Waals surface area contributed by atoms with Crippen molar-refractivity contribution in [3.8, 4) is 0 Å². The molecule has 29 heavy (non-hydrogen) atoms. The number of nitrogens with zero attached hydrogens (tertiary/aromatic N) is 1. The van der Waals surface area contributed by atoms with Gasteiger partial charge in [-0.15, -0.1) is 0 Å². The summed E-state index contributed by atoms with van der Waals surface area (Å²) in [7, 11) is 0. The van der Waals surface area contributed by atoms with Gasteiger partial charge in [-0.1, -0.05) is 30.3 Å². The largest absolute Gasteiger partial charge is 0.397 e. The predicted molar refractivity (Wildman–Crippen MR) is 105 cm³/mol. The van der Waals surface area contributed by atoms with E-state index in [2.05, 4.69) is 10.6 Å². The molecular weight excluding hydrogens is 383 g/mol. The molecule has 2 N–H and O–H groups in total. The van der Waals surface area contributed by atoms with E-state index in [1.165, 1.54) is 24.3 Å². The van der Waals surface area contributed by atoms with E-state index in [-0.39, 0.29) is 18.0 Å². The third-order valence-electron chi connectivity index (χ3n) is 5.16. The average Bonchev–Trinajstić information content (AvgIpc) is 3.10. The zero-order valence-corrected chi connectivity index (χ0v) is 16.1. The summed E-state index contributed by atoms with van der Waals surface area (Å²) in [6.45, 7) is 2.59. The molecule has 2 aromatic carbocycles. The maximum absolute atomic E-state index is 13.1. The number of benzene rings is 2. The molecule has 0 aliphatic carbocycles. The number of carbonyl (C=O) groups is 2. The molecule has 1 aliphatic heterocycles. The molecule has 0 spiro atoms. The molecule has 0 bridgehead atoms. The van der Waals surface area contributed by atoms with Gasteiger partial charge in [0.15, 0.2) is 0 Å². The van der Waals surface area contributed by atoms with Crippen molar-refractivity contribution >= 4 is 23.3 Å². The maximum Gasteiger partial charge on any atom is 0.397 e. The van der Waals surface area contributed by atoms with Crippen molar-refractivity contribution in [2.45, 2.75) is 31.9 Å². The molecule has 0 radical (unpaired) electrons. The van der Waals surface area contributed by atoms with E-state index >= 15 is 0 Å². The van der Waals surface area contributed by atoms with Crippen LogP contribution in [0.1, 0.15) is 25.0 Å². The number of hydrogen-bond acceptors (Lipinski definition) is 2. The van der Waals surface area contributed by atoms with Crippen LogP contribution >= 0.6 is 0 Å². The lowest BCUT2D eigenvalue weighted by atomic mass is 9.84. The number of nitrogens with one attached hydrogen (secondary N) is 2. The Morgan fingerprint density at radius 1 is 1.03 bits per heavy atom. The zero-order valence-electron chi connectivity index (χ0n) is 16.1. The van der Waals surface area contributed by atoms with Crippen LogP contribution in [0.2, 0.25) is 0 Å². The lowest BCUT2D eigenvalue weighted by molar-refractivity contribution is -0.180. The fraction of sp³-hybridized carbons (Fsp3) is 0.333. The molecule has 0 atom stereocenters. The molecule has 154 valence electrons. The second-order valence-electron chi connectivity index (χ2n) is 7.43. The van der Waals surface area contributed by atoms with Crippen molar-refractivity contribution in [1.29, 1.82) is 0 Å². The number of rotatable bonds is 4. The van der Waals surface area contributed by atoms with Crippen molar-refractivity contribution in [2.24, 2.45) is 0 Å². The molecule has 0 saturated heterocycles. The number of hydrogen-bond donors (Lipinski definition) is 2. The first-order valence-electron chi connectivity index (χ1n) is 9.20. The van der Waals surface area contributed by atoms with Crippen LogP contribution in [0, 0.1) is 0 Å². The summed E-state index contributed by atoms with van der Waals surface area (Å²) in [5.41, 5.74) is 0.378. The van der Waals surface area contributed by atoms with Gasteiger partial charge in [0.25, 0.3) is 0 Å². The van der Waals surface area contributed by atoms with Crippen molar-refractivity contribution in [3.05, 3.63) is 59.7 Å². The molecule has 5 nitrogen and oxygen atoms in total. The summed E-state index contributed by atoms with van der Waals surface area (Å²) >= 11 is 0. The lowest BCUT2D eigenvalue weighted by Crippen LogP contribution is -2.41. The minimum absolute atomic E-state index is 0.0961. The second-order valence-corrected chi connectivity index (χ2v) is 7.43. The predicted octanol–water partition coefficient (Wildman–Crippen LogP) is 4.24. The zero-order chi connectivity index (χ0) is 21.2. The lowest BCUT2D eigenvalue weighted by Gasteiger charge is -2.28. The third-order valence-corrected chi connectivity index (χ3v) is 5.16. The Morgan fingerprint density at radius 2 is 1.69 bits per heavy atom. The molecule has 3 amide bonds. The molecule has 1 heterocycles. The molecule has 0 unspecified atom stereocenters. The normalized spacial score (nSPS) is 13.8. The highest BCUT2D eigenvalue weighted by Crippen LogP contribution is 2.40. The number of halogens is 3. The molecule has 8 heteroatoms. The summed E-state index contributed by atoms with van der Waals surface area (Å²) in [6.07, 6.45) is -3.61. The minimum atomic E-state index is -4.38. The Bertz CT molecular complexity index is 908. The highest BCUT2D eigenvalue weighted by molar-refractivity contribution is 5.99. The van der Waals surface area contributed by atoms with Gasteiger partial charge in [-0.3, -0.25) is 4.79 Å². The van der Waals surface area contributed by atoms with Gasteiger partial charge >= 0.3 is 12.2 Å². The first-order chi connectivity index (χ1) is 13.6. The van der Waals surface area contributed by atoms with Crippen molar-refractivity contribution in [3.63, 3.8) is 0 Å². The Balaban J connectivity index is 1.54. The van der Waals surface area contributed by atoms with Gasteiger partial charge in [0, 0.05) is 17.9 Å². The van der Waals surface area contributed by atoms with Crippen molar-refractivity contribution < 1.29 is 22.8 Å². The maximum atomic E-state index is 13.1. The summed E-state index contributed by atoms with van der Waals surface area (Å²) < 4.78 is 39.3. The first kappa shape index (κ1) is 20.7. The van der Waals surface area contributed by atoms with E-state index in [0.29, 0.717) is 12.2 Å². The van der Waals surface area contributed by atoms with Gasteiger partial charge in [-0.05, 0) is 49.6 Å². The van der Waals surface area contributed by atoms with Gasteiger partial charge in [0.1, 0.15) is 0 Å².